The fourth-order valence-electron chi connectivity index (χ4n) is 9.09. The Bertz CT molecular complexity index is 1530. The van der Waals surface area contributed by atoms with E-state index in [1.807, 2.05) is 19.2 Å². The Hall–Kier alpha value is -3.96. The van der Waals surface area contributed by atoms with Crippen LogP contribution in [0.3, 0.4) is 0 Å². The summed E-state index contributed by atoms with van der Waals surface area (Å²) in [6, 6.07) is 10.9. The Balaban J connectivity index is 1.26. The maximum Gasteiger partial charge on any atom is 0.407 e. The summed E-state index contributed by atoms with van der Waals surface area (Å²) >= 11 is 0. The fraction of sp³-hybridized carbons (Fsp3) is 0.515. The Morgan fingerprint density at radius 1 is 1.14 bits per heavy atom. The number of nitrogens with one attached hydrogen (secondary N) is 1. The number of amides is 1. The van der Waals surface area contributed by atoms with Crippen LogP contribution in [0.25, 0.3) is 0 Å². The molecule has 1 aliphatic carbocycles. The first-order chi connectivity index (χ1) is 21.2. The van der Waals surface area contributed by atoms with Crippen molar-refractivity contribution in [1.29, 1.82) is 0 Å². The van der Waals surface area contributed by atoms with Gasteiger partial charge in [0.25, 0.3) is 0 Å². The van der Waals surface area contributed by atoms with Crippen LogP contribution >= 0.6 is 0 Å². The van der Waals surface area contributed by atoms with Crippen LogP contribution in [-0.2, 0) is 26.3 Å². The van der Waals surface area contributed by atoms with Gasteiger partial charge in [-0.3, -0.25) is 9.69 Å². The topological polar surface area (TPSA) is 119 Å². The number of fused-ring (bicyclic) bond motifs is 2. The second-order valence-corrected chi connectivity index (χ2v) is 12.6. The highest BCUT2D eigenvalue weighted by Crippen LogP contribution is 2.67. The summed E-state index contributed by atoms with van der Waals surface area (Å²) in [6.07, 6.45) is 4.08. The van der Waals surface area contributed by atoms with E-state index in [0.717, 1.165) is 42.1 Å². The third-order valence-corrected chi connectivity index (χ3v) is 10.5. The number of carbonyl (C=O) groups excluding carboxylic acids is 2. The first kappa shape index (κ1) is 28.8. The highest BCUT2D eigenvalue weighted by atomic mass is 16.7. The molecule has 2 fully saturated rings. The Kier molecular flexibility index (Phi) is 6.74. The van der Waals surface area contributed by atoms with Gasteiger partial charge in [0.15, 0.2) is 11.5 Å². The highest BCUT2D eigenvalue weighted by Gasteiger charge is 2.77. The number of carbonyl (C=O) groups is 2. The highest BCUT2D eigenvalue weighted by molar-refractivity contribution is 5.72. The number of hydrogen-bond donors (Lipinski definition) is 2. The molecule has 11 nitrogen and oxygen atoms in total. The molecule has 4 aliphatic heterocycles. The molecule has 0 radical (unpaired) electrons. The molecule has 7 rings (SSSR count). The third kappa shape index (κ3) is 3.94. The van der Waals surface area contributed by atoms with E-state index >= 15 is 0 Å². The lowest BCUT2D eigenvalue weighted by Gasteiger charge is -2.64. The number of ether oxygens (including phenoxy) is 5. The average Bonchev–Trinajstić information content (AvgIpc) is 3.72. The summed E-state index contributed by atoms with van der Waals surface area (Å²) in [7, 11) is 3.60. The summed E-state index contributed by atoms with van der Waals surface area (Å²) in [4.78, 5) is 30.5. The molecule has 5 aliphatic rings. The van der Waals surface area contributed by atoms with Crippen LogP contribution in [0.4, 0.5) is 10.5 Å². The van der Waals surface area contributed by atoms with E-state index in [2.05, 4.69) is 40.3 Å². The van der Waals surface area contributed by atoms with Gasteiger partial charge in [0.1, 0.15) is 24.1 Å². The van der Waals surface area contributed by atoms with Crippen molar-refractivity contribution in [2.45, 2.75) is 62.5 Å². The molecule has 44 heavy (non-hydrogen) atoms. The minimum absolute atomic E-state index is 0.00541. The number of nitrogens with zero attached hydrogens (tertiary/aromatic N) is 2. The molecule has 1 saturated heterocycles. The van der Waals surface area contributed by atoms with Gasteiger partial charge in [-0.25, -0.2) is 4.79 Å². The van der Waals surface area contributed by atoms with Crippen molar-refractivity contribution in [3.63, 3.8) is 0 Å². The molecule has 2 aromatic rings. The lowest BCUT2D eigenvalue weighted by molar-refractivity contribution is -0.217. The molecule has 1 saturated carbocycles. The molecule has 1 spiro atoms. The molecule has 11 heteroatoms. The maximum absolute atomic E-state index is 13.2. The quantitative estimate of drug-likeness (QED) is 0.360. The van der Waals surface area contributed by atoms with Crippen molar-refractivity contribution in [3.05, 3.63) is 59.7 Å². The molecule has 6 atom stereocenters. The molecule has 2 aromatic carbocycles. The number of hydrogen-bond acceptors (Lipinski definition) is 10. The van der Waals surface area contributed by atoms with Gasteiger partial charge in [-0.1, -0.05) is 31.2 Å². The van der Waals surface area contributed by atoms with Gasteiger partial charge >= 0.3 is 12.1 Å². The zero-order valence-corrected chi connectivity index (χ0v) is 25.5. The van der Waals surface area contributed by atoms with E-state index < -0.39 is 40.6 Å². The predicted molar refractivity (Wildman–Crippen MR) is 160 cm³/mol. The van der Waals surface area contributed by atoms with Crippen molar-refractivity contribution < 1.29 is 38.4 Å². The number of alkyl carbamates (subject to hydrolysis) is 1. The lowest BCUT2D eigenvalue weighted by Crippen LogP contribution is -2.81. The standard InChI is InChI=1S/C33H39N3O8/c1-5-31-11-6-13-36-14-12-32(27(31)36)23-9-8-22(40-4)16-24(23)35(3)28(32)33(39,29(31)44-20(2)37)18-34-30(38)41-17-21-7-10-25-26(15-21)43-19-42-25/h6-11,15-16,27-29,39H,5,12-14,17-19H2,1-4H3,(H,34,38)/t27-,28+,29+,31+,32+,33-/m0/s1. The second kappa shape index (κ2) is 10.3. The number of rotatable bonds is 7. The minimum atomic E-state index is -1.69. The van der Waals surface area contributed by atoms with E-state index in [9.17, 15) is 14.7 Å². The van der Waals surface area contributed by atoms with Gasteiger partial charge in [0, 0.05) is 49.1 Å². The Morgan fingerprint density at radius 2 is 1.95 bits per heavy atom. The summed E-state index contributed by atoms with van der Waals surface area (Å²) < 4.78 is 28.1. The predicted octanol–water partition coefficient (Wildman–Crippen LogP) is 3.12. The van der Waals surface area contributed by atoms with Crippen molar-refractivity contribution in [2.75, 3.05) is 45.5 Å². The summed E-state index contributed by atoms with van der Waals surface area (Å²) in [5.74, 6) is 1.48. The SMILES string of the molecule is CC[C@]12C=CCN3CC[C@@]4(c5ccc(OC)cc5N(C)[C@H]4[C@@](O)(CNC(=O)OCc4ccc5c(c4)OCO5)[C@@H]1OC(C)=O)[C@@H]32. The van der Waals surface area contributed by atoms with Crippen LogP contribution < -0.4 is 24.4 Å². The second-order valence-electron chi connectivity index (χ2n) is 12.6. The van der Waals surface area contributed by atoms with Crippen LogP contribution in [0.15, 0.2) is 48.6 Å². The first-order valence-electron chi connectivity index (χ1n) is 15.2. The molecule has 1 amide bonds. The summed E-state index contributed by atoms with van der Waals surface area (Å²) in [6.45, 7) is 5.04. The van der Waals surface area contributed by atoms with Gasteiger partial charge in [-0.15, -0.1) is 0 Å². The van der Waals surface area contributed by atoms with Gasteiger partial charge in [-0.2, -0.15) is 0 Å². The molecule has 0 unspecified atom stereocenters. The van der Waals surface area contributed by atoms with Crippen LogP contribution in [-0.4, -0.2) is 86.4 Å². The number of anilines is 1. The van der Waals surface area contributed by atoms with Gasteiger partial charge in [-0.05, 0) is 48.7 Å². The number of esters is 1. The Morgan fingerprint density at radius 3 is 2.73 bits per heavy atom. The van der Waals surface area contributed by atoms with Crippen molar-refractivity contribution in [2.24, 2.45) is 5.41 Å². The first-order valence-corrected chi connectivity index (χ1v) is 15.2. The van der Waals surface area contributed by atoms with Crippen LogP contribution in [0.2, 0.25) is 0 Å². The maximum atomic E-state index is 13.2. The van der Waals surface area contributed by atoms with E-state index in [0.29, 0.717) is 17.9 Å². The zero-order chi connectivity index (χ0) is 30.9. The molecule has 0 aromatic heterocycles. The molecule has 2 N–H and O–H groups in total. The fourth-order valence-corrected chi connectivity index (χ4v) is 9.09. The van der Waals surface area contributed by atoms with Crippen molar-refractivity contribution >= 4 is 17.7 Å². The zero-order valence-electron chi connectivity index (χ0n) is 25.5. The molecular weight excluding hydrogens is 566 g/mol. The average molecular weight is 606 g/mol. The molecular formula is C33H39N3O8. The minimum Gasteiger partial charge on any atom is -0.497 e. The Labute approximate surface area is 256 Å². The summed E-state index contributed by atoms with van der Waals surface area (Å²) in [5, 5.41) is 16.0. The van der Waals surface area contributed by atoms with E-state index in [1.54, 1.807) is 25.3 Å². The van der Waals surface area contributed by atoms with Gasteiger partial charge in [0.2, 0.25) is 6.79 Å². The van der Waals surface area contributed by atoms with Crippen LogP contribution in [0.1, 0.15) is 37.8 Å². The number of aliphatic hydroxyl groups is 1. The normalized spacial score (nSPS) is 32.5. The van der Waals surface area contributed by atoms with Crippen LogP contribution in [0, 0.1) is 5.41 Å². The number of methoxy groups -OCH3 is 1. The van der Waals surface area contributed by atoms with E-state index in [4.69, 9.17) is 23.7 Å². The van der Waals surface area contributed by atoms with E-state index in [1.165, 1.54) is 6.92 Å². The van der Waals surface area contributed by atoms with E-state index in [-0.39, 0.29) is 26.0 Å². The monoisotopic (exact) mass is 605 g/mol. The molecule has 4 heterocycles. The molecule has 234 valence electrons. The van der Waals surface area contributed by atoms with Crippen molar-refractivity contribution in [1.82, 2.24) is 10.2 Å². The largest absolute Gasteiger partial charge is 0.497 e. The third-order valence-electron chi connectivity index (χ3n) is 10.5. The number of benzene rings is 2. The van der Waals surface area contributed by atoms with Crippen molar-refractivity contribution in [3.8, 4) is 17.2 Å². The van der Waals surface area contributed by atoms with Crippen LogP contribution in [0.5, 0.6) is 17.2 Å². The number of likely N-dealkylation sites (N-methyl/N-ethyl adjacent to an activating group) is 1. The molecule has 0 bridgehead atoms. The summed E-state index contributed by atoms with van der Waals surface area (Å²) in [5.41, 5.74) is -0.0513. The smallest absolute Gasteiger partial charge is 0.407 e. The lowest BCUT2D eigenvalue weighted by atomic mass is 9.47. The van der Waals surface area contributed by atoms with Gasteiger partial charge in [0.05, 0.1) is 19.7 Å². The van der Waals surface area contributed by atoms with Gasteiger partial charge < -0.3 is 39.0 Å².